The van der Waals surface area contributed by atoms with Crippen molar-refractivity contribution in [3.8, 4) is 12.3 Å². The molecule has 0 atom stereocenters. The SMILES string of the molecule is C#CCC1(C(=O)O)CC2(C1)N=N2. The Labute approximate surface area is 69.7 Å². The molecule has 0 aromatic heterocycles. The highest BCUT2D eigenvalue weighted by atomic mass is 16.4. The van der Waals surface area contributed by atoms with Crippen molar-refractivity contribution in [2.45, 2.75) is 24.9 Å². The summed E-state index contributed by atoms with van der Waals surface area (Å²) in [6.45, 7) is 0. The van der Waals surface area contributed by atoms with Gasteiger partial charge in [-0.25, -0.2) is 0 Å². The van der Waals surface area contributed by atoms with Crippen LogP contribution in [0.2, 0.25) is 0 Å². The summed E-state index contributed by atoms with van der Waals surface area (Å²) < 4.78 is 0. The summed E-state index contributed by atoms with van der Waals surface area (Å²) in [7, 11) is 0. The lowest BCUT2D eigenvalue weighted by Crippen LogP contribution is -2.48. The molecular weight excluding hydrogens is 156 g/mol. The van der Waals surface area contributed by atoms with E-state index in [1.807, 2.05) is 0 Å². The highest BCUT2D eigenvalue weighted by Gasteiger charge is 2.64. The summed E-state index contributed by atoms with van der Waals surface area (Å²) in [6.07, 6.45) is 6.35. The zero-order valence-electron chi connectivity index (χ0n) is 6.45. The van der Waals surface area contributed by atoms with Crippen molar-refractivity contribution in [3.05, 3.63) is 0 Å². The van der Waals surface area contributed by atoms with Crippen LogP contribution in [0.3, 0.4) is 0 Å². The average molecular weight is 164 g/mol. The largest absolute Gasteiger partial charge is 0.481 e. The van der Waals surface area contributed by atoms with Crippen molar-refractivity contribution < 1.29 is 9.90 Å². The molecule has 4 nitrogen and oxygen atoms in total. The molecule has 1 saturated carbocycles. The van der Waals surface area contributed by atoms with Crippen molar-refractivity contribution in [2.75, 3.05) is 0 Å². The fourth-order valence-electron chi connectivity index (χ4n) is 1.79. The molecule has 1 aliphatic carbocycles. The van der Waals surface area contributed by atoms with Crippen LogP contribution in [-0.2, 0) is 4.79 Å². The van der Waals surface area contributed by atoms with Gasteiger partial charge in [-0.15, -0.1) is 12.3 Å². The van der Waals surface area contributed by atoms with Gasteiger partial charge in [0.05, 0.1) is 5.41 Å². The molecule has 62 valence electrons. The number of carbonyl (C=O) groups is 1. The number of hydrogen-bond acceptors (Lipinski definition) is 3. The molecule has 0 radical (unpaired) electrons. The first-order chi connectivity index (χ1) is 5.63. The molecule has 0 unspecified atom stereocenters. The Balaban J connectivity index is 2.07. The molecule has 1 spiro atoms. The van der Waals surface area contributed by atoms with E-state index >= 15 is 0 Å². The molecule has 1 heterocycles. The van der Waals surface area contributed by atoms with Crippen LogP contribution in [0.15, 0.2) is 10.2 Å². The van der Waals surface area contributed by atoms with Gasteiger partial charge >= 0.3 is 5.97 Å². The Morgan fingerprint density at radius 1 is 1.58 bits per heavy atom. The highest BCUT2D eigenvalue weighted by Crippen LogP contribution is 2.59. The topological polar surface area (TPSA) is 62.0 Å². The van der Waals surface area contributed by atoms with Crippen LogP contribution in [-0.4, -0.2) is 16.7 Å². The molecular formula is C8H8N2O2. The fourth-order valence-corrected chi connectivity index (χ4v) is 1.79. The van der Waals surface area contributed by atoms with Crippen LogP contribution in [0.25, 0.3) is 0 Å². The number of nitrogens with zero attached hydrogens (tertiary/aromatic N) is 2. The standard InChI is InChI=1S/C8H8N2O2/c1-2-3-7(6(11)12)4-8(5-7)9-10-8/h1H,3-5H2,(H,11,12). The van der Waals surface area contributed by atoms with Gasteiger partial charge in [0, 0.05) is 19.3 Å². The average Bonchev–Trinajstić information content (AvgIpc) is 2.66. The maximum absolute atomic E-state index is 10.8. The fraction of sp³-hybridized carbons (Fsp3) is 0.625. The molecule has 0 amide bonds. The molecule has 2 rings (SSSR count). The van der Waals surface area contributed by atoms with Gasteiger partial charge in [0.25, 0.3) is 0 Å². The second kappa shape index (κ2) is 1.86. The normalized spacial score (nSPS) is 25.9. The number of carboxylic acids is 1. The summed E-state index contributed by atoms with van der Waals surface area (Å²) in [6, 6.07) is 0. The van der Waals surface area contributed by atoms with E-state index in [1.165, 1.54) is 0 Å². The van der Waals surface area contributed by atoms with Crippen molar-refractivity contribution >= 4 is 5.97 Å². The van der Waals surface area contributed by atoms with Crippen molar-refractivity contribution in [3.63, 3.8) is 0 Å². The maximum Gasteiger partial charge on any atom is 0.310 e. The monoisotopic (exact) mass is 164 g/mol. The first-order valence-electron chi connectivity index (χ1n) is 3.73. The molecule has 1 aliphatic heterocycles. The summed E-state index contributed by atoms with van der Waals surface area (Å²) >= 11 is 0. The summed E-state index contributed by atoms with van der Waals surface area (Å²) in [5.74, 6) is 1.58. The lowest BCUT2D eigenvalue weighted by molar-refractivity contribution is -0.156. The van der Waals surface area contributed by atoms with Crippen LogP contribution in [0.1, 0.15) is 19.3 Å². The third-order valence-corrected chi connectivity index (χ3v) is 2.52. The minimum Gasteiger partial charge on any atom is -0.481 e. The number of terminal acetylenes is 1. The van der Waals surface area contributed by atoms with Gasteiger partial charge < -0.3 is 5.11 Å². The van der Waals surface area contributed by atoms with Crippen molar-refractivity contribution in [1.82, 2.24) is 0 Å². The first-order valence-corrected chi connectivity index (χ1v) is 3.73. The van der Waals surface area contributed by atoms with Gasteiger partial charge in [0.15, 0.2) is 5.66 Å². The molecule has 0 aromatic rings. The van der Waals surface area contributed by atoms with E-state index in [4.69, 9.17) is 11.5 Å². The molecule has 0 saturated heterocycles. The molecule has 4 heteroatoms. The van der Waals surface area contributed by atoms with Crippen LogP contribution in [0, 0.1) is 17.8 Å². The number of rotatable bonds is 2. The van der Waals surface area contributed by atoms with Gasteiger partial charge in [-0.3, -0.25) is 4.79 Å². The predicted octanol–water partition coefficient (Wildman–Crippen LogP) is 1.04. The lowest BCUT2D eigenvalue weighted by Gasteiger charge is -2.40. The zero-order valence-corrected chi connectivity index (χ0v) is 6.45. The maximum atomic E-state index is 10.8. The number of aliphatic carboxylic acids is 1. The minimum atomic E-state index is -0.816. The molecule has 2 aliphatic rings. The second-order valence-corrected chi connectivity index (χ2v) is 3.50. The predicted molar refractivity (Wildman–Crippen MR) is 40.3 cm³/mol. The Bertz CT molecular complexity index is 300. The Hall–Kier alpha value is -1.37. The van der Waals surface area contributed by atoms with Gasteiger partial charge in [-0.05, 0) is 0 Å². The zero-order chi connectivity index (χ0) is 8.82. The van der Waals surface area contributed by atoms with Gasteiger partial charge in [-0.1, -0.05) is 0 Å². The van der Waals surface area contributed by atoms with E-state index in [0.29, 0.717) is 12.8 Å². The van der Waals surface area contributed by atoms with Crippen LogP contribution in [0.4, 0.5) is 0 Å². The van der Waals surface area contributed by atoms with Crippen LogP contribution in [0.5, 0.6) is 0 Å². The second-order valence-electron chi connectivity index (χ2n) is 3.50. The molecule has 1 fully saturated rings. The van der Waals surface area contributed by atoms with E-state index in [-0.39, 0.29) is 12.1 Å². The third kappa shape index (κ3) is 0.765. The molecule has 0 aromatic carbocycles. The first kappa shape index (κ1) is 7.29. The van der Waals surface area contributed by atoms with E-state index < -0.39 is 11.4 Å². The number of hydrogen-bond donors (Lipinski definition) is 1. The smallest absolute Gasteiger partial charge is 0.310 e. The highest BCUT2D eigenvalue weighted by molar-refractivity contribution is 5.77. The summed E-state index contributed by atoms with van der Waals surface area (Å²) in [5.41, 5.74) is -1.08. The summed E-state index contributed by atoms with van der Waals surface area (Å²) in [4.78, 5) is 10.8. The third-order valence-electron chi connectivity index (χ3n) is 2.52. The van der Waals surface area contributed by atoms with Crippen molar-refractivity contribution in [2.24, 2.45) is 15.6 Å². The molecule has 0 bridgehead atoms. The van der Waals surface area contributed by atoms with E-state index in [9.17, 15) is 4.79 Å². The van der Waals surface area contributed by atoms with E-state index in [2.05, 4.69) is 16.1 Å². The summed E-state index contributed by atoms with van der Waals surface area (Å²) in [5, 5.41) is 16.5. The molecule has 1 N–H and O–H groups in total. The van der Waals surface area contributed by atoms with Crippen LogP contribution >= 0.6 is 0 Å². The van der Waals surface area contributed by atoms with E-state index in [0.717, 1.165) is 0 Å². The quantitative estimate of drug-likeness (QED) is 0.619. The minimum absolute atomic E-state index is 0.287. The lowest BCUT2D eigenvalue weighted by atomic mass is 9.61. The van der Waals surface area contributed by atoms with Gasteiger partial charge in [0.2, 0.25) is 0 Å². The number of carboxylic acid groups (broad SMARTS) is 1. The van der Waals surface area contributed by atoms with Crippen molar-refractivity contribution in [1.29, 1.82) is 0 Å². The van der Waals surface area contributed by atoms with E-state index in [1.54, 1.807) is 0 Å². The Morgan fingerprint density at radius 2 is 2.17 bits per heavy atom. The van der Waals surface area contributed by atoms with Crippen LogP contribution < -0.4 is 0 Å². The Morgan fingerprint density at radius 3 is 2.50 bits per heavy atom. The Kier molecular flexibility index (Phi) is 1.13. The molecule has 12 heavy (non-hydrogen) atoms. The van der Waals surface area contributed by atoms with Gasteiger partial charge in [0.1, 0.15) is 0 Å². The van der Waals surface area contributed by atoms with Gasteiger partial charge in [-0.2, -0.15) is 10.2 Å².